The summed E-state index contributed by atoms with van der Waals surface area (Å²) in [5.74, 6) is -0.0444. The predicted molar refractivity (Wildman–Crippen MR) is 78.2 cm³/mol. The summed E-state index contributed by atoms with van der Waals surface area (Å²) in [5.41, 5.74) is 1.52. The highest BCUT2D eigenvalue weighted by Gasteiger charge is 2.25. The number of nitrogens with zero attached hydrogens (tertiary/aromatic N) is 1. The summed E-state index contributed by atoms with van der Waals surface area (Å²) in [4.78, 5) is 15.8. The predicted octanol–water partition coefficient (Wildman–Crippen LogP) is 0.544. The fraction of sp³-hybridized carbons (Fsp3) is 0.500. The van der Waals surface area contributed by atoms with Gasteiger partial charge < -0.3 is 15.7 Å². The Morgan fingerprint density at radius 3 is 2.79 bits per heavy atom. The van der Waals surface area contributed by atoms with E-state index in [2.05, 4.69) is 15.6 Å². The standard InChI is InChI=1S/C12H17N3O2.2ClH/c1-8-2-9(4-13-3-8)12(17)15-6-10-5-14-7-11(10)16;;/h2-4,10-11,14,16H,5-7H2,1H3,(H,15,17);2*1H. The fourth-order valence-corrected chi connectivity index (χ4v) is 1.93. The normalized spacial score (nSPS) is 21.2. The molecule has 0 saturated carbocycles. The van der Waals surface area contributed by atoms with E-state index < -0.39 is 0 Å². The van der Waals surface area contributed by atoms with Crippen molar-refractivity contribution in [2.45, 2.75) is 13.0 Å². The van der Waals surface area contributed by atoms with Crippen LogP contribution in [0.1, 0.15) is 15.9 Å². The maximum absolute atomic E-state index is 11.8. The molecular formula is C12H19Cl2N3O2. The van der Waals surface area contributed by atoms with Crippen LogP contribution >= 0.6 is 24.8 Å². The Morgan fingerprint density at radius 2 is 2.21 bits per heavy atom. The van der Waals surface area contributed by atoms with Crippen LogP contribution in [0.3, 0.4) is 0 Å². The van der Waals surface area contributed by atoms with Crippen LogP contribution in [0.15, 0.2) is 18.5 Å². The van der Waals surface area contributed by atoms with Gasteiger partial charge in [-0.25, -0.2) is 0 Å². The number of amides is 1. The molecule has 3 N–H and O–H groups in total. The first-order chi connectivity index (χ1) is 8.16. The van der Waals surface area contributed by atoms with Crippen molar-refractivity contribution in [3.05, 3.63) is 29.6 Å². The summed E-state index contributed by atoms with van der Waals surface area (Å²) in [7, 11) is 0. The van der Waals surface area contributed by atoms with Crippen LogP contribution in [-0.4, -0.2) is 41.7 Å². The van der Waals surface area contributed by atoms with Crippen molar-refractivity contribution in [3.63, 3.8) is 0 Å². The second kappa shape index (κ2) is 8.32. The summed E-state index contributed by atoms with van der Waals surface area (Å²) < 4.78 is 0. The van der Waals surface area contributed by atoms with Crippen LogP contribution in [0.25, 0.3) is 0 Å². The van der Waals surface area contributed by atoms with Crippen LogP contribution in [0.4, 0.5) is 0 Å². The van der Waals surface area contributed by atoms with E-state index >= 15 is 0 Å². The third-order valence-corrected chi connectivity index (χ3v) is 2.97. The molecule has 0 aromatic carbocycles. The van der Waals surface area contributed by atoms with Crippen molar-refractivity contribution in [1.29, 1.82) is 0 Å². The minimum atomic E-state index is -0.370. The van der Waals surface area contributed by atoms with Crippen LogP contribution in [0.5, 0.6) is 0 Å². The molecule has 1 saturated heterocycles. The molecule has 2 rings (SSSR count). The number of aromatic nitrogens is 1. The van der Waals surface area contributed by atoms with Gasteiger partial charge in [0.15, 0.2) is 0 Å². The van der Waals surface area contributed by atoms with Crippen LogP contribution in [0.2, 0.25) is 0 Å². The van der Waals surface area contributed by atoms with E-state index in [1.807, 2.05) is 6.92 Å². The molecule has 0 spiro atoms. The highest BCUT2D eigenvalue weighted by molar-refractivity contribution is 5.94. The highest BCUT2D eigenvalue weighted by Crippen LogP contribution is 2.08. The SMILES string of the molecule is Cc1cncc(C(=O)NCC2CNCC2O)c1.Cl.Cl. The van der Waals surface area contributed by atoms with Crippen molar-refractivity contribution < 1.29 is 9.90 Å². The Kier molecular flexibility index (Phi) is 7.94. The van der Waals surface area contributed by atoms with Crippen LogP contribution in [0, 0.1) is 12.8 Å². The summed E-state index contributed by atoms with van der Waals surface area (Å²) in [5, 5.41) is 15.5. The topological polar surface area (TPSA) is 74.2 Å². The zero-order chi connectivity index (χ0) is 12.3. The zero-order valence-corrected chi connectivity index (χ0v) is 12.3. The highest BCUT2D eigenvalue weighted by atomic mass is 35.5. The van der Waals surface area contributed by atoms with Gasteiger partial charge >= 0.3 is 0 Å². The minimum Gasteiger partial charge on any atom is -0.391 e. The van der Waals surface area contributed by atoms with Crippen molar-refractivity contribution in [2.75, 3.05) is 19.6 Å². The summed E-state index contributed by atoms with van der Waals surface area (Å²) in [6, 6.07) is 1.80. The molecule has 19 heavy (non-hydrogen) atoms. The van der Waals surface area contributed by atoms with Gasteiger partial charge in [-0.3, -0.25) is 9.78 Å². The number of aliphatic hydroxyl groups excluding tert-OH is 1. The second-order valence-electron chi connectivity index (χ2n) is 4.45. The Labute approximate surface area is 125 Å². The van der Waals surface area contributed by atoms with Crippen LogP contribution in [-0.2, 0) is 0 Å². The van der Waals surface area contributed by atoms with E-state index in [0.717, 1.165) is 12.1 Å². The summed E-state index contributed by atoms with van der Waals surface area (Å²) in [6.07, 6.45) is 2.89. The number of hydrogen-bond acceptors (Lipinski definition) is 4. The molecule has 1 amide bonds. The van der Waals surface area contributed by atoms with Gasteiger partial charge in [0.1, 0.15) is 0 Å². The minimum absolute atomic E-state index is 0. The molecule has 2 heterocycles. The third kappa shape index (κ3) is 4.95. The number of carbonyl (C=O) groups excluding carboxylic acids is 1. The first kappa shape index (κ1) is 18.1. The molecule has 1 aromatic heterocycles. The molecule has 1 aromatic rings. The molecule has 7 heteroatoms. The lowest BCUT2D eigenvalue weighted by Crippen LogP contribution is -2.34. The van der Waals surface area contributed by atoms with Gasteiger partial charge in [-0.05, 0) is 18.6 Å². The van der Waals surface area contributed by atoms with E-state index in [1.54, 1.807) is 18.5 Å². The first-order valence-electron chi connectivity index (χ1n) is 5.75. The molecule has 0 bridgehead atoms. The molecular weight excluding hydrogens is 289 g/mol. The number of halogens is 2. The lowest BCUT2D eigenvalue weighted by molar-refractivity contribution is 0.0926. The molecule has 108 valence electrons. The molecule has 0 radical (unpaired) electrons. The number of pyridine rings is 1. The van der Waals surface area contributed by atoms with Crippen molar-refractivity contribution in [1.82, 2.24) is 15.6 Å². The molecule has 1 aliphatic heterocycles. The van der Waals surface area contributed by atoms with E-state index in [-0.39, 0.29) is 42.7 Å². The van der Waals surface area contributed by atoms with E-state index in [1.165, 1.54) is 0 Å². The largest absolute Gasteiger partial charge is 0.391 e. The Morgan fingerprint density at radius 1 is 1.47 bits per heavy atom. The Bertz CT molecular complexity index is 418. The van der Waals surface area contributed by atoms with Crippen LogP contribution < -0.4 is 10.6 Å². The van der Waals surface area contributed by atoms with E-state index in [9.17, 15) is 9.90 Å². The number of nitrogens with one attached hydrogen (secondary N) is 2. The zero-order valence-electron chi connectivity index (χ0n) is 10.6. The van der Waals surface area contributed by atoms with Gasteiger partial charge in [-0.1, -0.05) is 0 Å². The molecule has 0 aliphatic carbocycles. The molecule has 2 atom stereocenters. The van der Waals surface area contributed by atoms with E-state index in [0.29, 0.717) is 18.7 Å². The average Bonchev–Trinajstić information content (AvgIpc) is 2.72. The van der Waals surface area contributed by atoms with Gasteiger partial charge in [0.25, 0.3) is 5.91 Å². The lowest BCUT2D eigenvalue weighted by atomic mass is 10.1. The molecule has 5 nitrogen and oxygen atoms in total. The van der Waals surface area contributed by atoms with Gasteiger partial charge in [0.2, 0.25) is 0 Å². The molecule has 2 unspecified atom stereocenters. The number of aliphatic hydroxyl groups is 1. The van der Waals surface area contributed by atoms with Gasteiger partial charge in [-0.2, -0.15) is 0 Å². The smallest absolute Gasteiger partial charge is 0.252 e. The molecule has 1 fully saturated rings. The molecule has 1 aliphatic rings. The number of β-amino-alcohol motifs (C(OH)–C–C–N with tert-alkyl or cyclic N) is 1. The Balaban J connectivity index is 0.00000162. The van der Waals surface area contributed by atoms with Crippen molar-refractivity contribution in [2.24, 2.45) is 5.92 Å². The third-order valence-electron chi connectivity index (χ3n) is 2.97. The number of carbonyl (C=O) groups is 1. The first-order valence-corrected chi connectivity index (χ1v) is 5.75. The number of hydrogen-bond donors (Lipinski definition) is 3. The number of aryl methyl sites for hydroxylation is 1. The van der Waals surface area contributed by atoms with Gasteiger partial charge in [0, 0.05) is 37.9 Å². The monoisotopic (exact) mass is 307 g/mol. The fourth-order valence-electron chi connectivity index (χ4n) is 1.93. The van der Waals surface area contributed by atoms with Gasteiger partial charge in [0.05, 0.1) is 11.7 Å². The van der Waals surface area contributed by atoms with Crippen molar-refractivity contribution >= 4 is 30.7 Å². The van der Waals surface area contributed by atoms with Crippen molar-refractivity contribution in [3.8, 4) is 0 Å². The average molecular weight is 308 g/mol. The quantitative estimate of drug-likeness (QED) is 0.762. The van der Waals surface area contributed by atoms with Gasteiger partial charge in [-0.15, -0.1) is 24.8 Å². The Hall–Kier alpha value is -0.880. The second-order valence-corrected chi connectivity index (χ2v) is 4.45. The summed E-state index contributed by atoms with van der Waals surface area (Å²) in [6.45, 7) is 3.73. The lowest BCUT2D eigenvalue weighted by Gasteiger charge is -2.14. The summed E-state index contributed by atoms with van der Waals surface area (Å²) >= 11 is 0. The number of rotatable bonds is 3. The van der Waals surface area contributed by atoms with E-state index in [4.69, 9.17) is 0 Å². The maximum atomic E-state index is 11.8. The maximum Gasteiger partial charge on any atom is 0.252 e.